The Morgan fingerprint density at radius 2 is 2.07 bits per heavy atom. The van der Waals surface area contributed by atoms with Gasteiger partial charge in [-0.3, -0.25) is 0 Å². The topological polar surface area (TPSA) is 29.4 Å². The van der Waals surface area contributed by atoms with Gasteiger partial charge in [-0.05, 0) is 37.6 Å². The summed E-state index contributed by atoms with van der Waals surface area (Å²) in [6, 6.07) is 5.45. The highest BCUT2D eigenvalue weighted by Crippen LogP contribution is 2.29. The van der Waals surface area contributed by atoms with Crippen LogP contribution in [0.2, 0.25) is 5.02 Å². The molecule has 0 bridgehead atoms. The van der Waals surface area contributed by atoms with Gasteiger partial charge in [0.25, 0.3) is 0 Å². The molecule has 2 nitrogen and oxygen atoms in total. The second kappa shape index (κ2) is 4.26. The molecule has 0 saturated carbocycles. The van der Waals surface area contributed by atoms with Gasteiger partial charge in [0.1, 0.15) is 0 Å². The van der Waals surface area contributed by atoms with Crippen molar-refractivity contribution in [1.82, 2.24) is 0 Å². The third kappa shape index (κ3) is 2.68. The van der Waals surface area contributed by atoms with Gasteiger partial charge in [0, 0.05) is 9.50 Å². The van der Waals surface area contributed by atoms with Gasteiger partial charge in [0.15, 0.2) is 0 Å². The molecule has 0 aliphatic heterocycles. The van der Waals surface area contributed by atoms with Crippen LogP contribution in [0.3, 0.4) is 0 Å². The fraction of sp³-hybridized carbons (Fsp3) is 0.300. The number of benzene rings is 1. The second-order valence-electron chi connectivity index (χ2n) is 3.42. The van der Waals surface area contributed by atoms with Crippen molar-refractivity contribution < 1.29 is 4.79 Å². The average Bonchev–Trinajstić information content (AvgIpc) is 2.02. The lowest BCUT2D eigenvalue weighted by Crippen LogP contribution is -2.13. The lowest BCUT2D eigenvalue weighted by Gasteiger charge is -2.18. The van der Waals surface area contributed by atoms with Crippen molar-refractivity contribution >= 4 is 33.6 Å². The van der Waals surface area contributed by atoms with Gasteiger partial charge in [-0.25, -0.2) is 4.79 Å². The molecule has 0 aliphatic rings. The molecule has 0 saturated heterocycles. The highest BCUT2D eigenvalue weighted by Gasteiger charge is 2.20. The van der Waals surface area contributed by atoms with E-state index in [2.05, 4.69) is 20.9 Å². The number of nitrogens with zero attached hydrogens (tertiary/aromatic N) is 1. The Kier molecular flexibility index (Phi) is 3.48. The minimum atomic E-state index is -0.588. The number of aliphatic imine (C=N–C) groups is 1. The van der Waals surface area contributed by atoms with Crippen molar-refractivity contribution in [2.75, 3.05) is 0 Å². The van der Waals surface area contributed by atoms with Crippen molar-refractivity contribution in [3.8, 4) is 0 Å². The molecule has 0 heterocycles. The normalized spacial score (nSPS) is 10.9. The number of halogens is 2. The largest absolute Gasteiger partial charge is 0.235 e. The van der Waals surface area contributed by atoms with Crippen molar-refractivity contribution in [1.29, 1.82) is 0 Å². The zero-order valence-electron chi connectivity index (χ0n) is 7.84. The van der Waals surface area contributed by atoms with Crippen LogP contribution in [0, 0.1) is 0 Å². The van der Waals surface area contributed by atoms with E-state index < -0.39 is 5.54 Å². The van der Waals surface area contributed by atoms with Crippen LogP contribution in [0.1, 0.15) is 19.4 Å². The van der Waals surface area contributed by atoms with E-state index in [9.17, 15) is 4.79 Å². The highest BCUT2D eigenvalue weighted by molar-refractivity contribution is 9.10. The first-order valence-electron chi connectivity index (χ1n) is 4.01. The van der Waals surface area contributed by atoms with Gasteiger partial charge in [0.2, 0.25) is 6.08 Å². The summed E-state index contributed by atoms with van der Waals surface area (Å²) in [5.74, 6) is 0. The van der Waals surface area contributed by atoms with Crippen molar-refractivity contribution in [3.05, 3.63) is 33.3 Å². The van der Waals surface area contributed by atoms with Gasteiger partial charge >= 0.3 is 0 Å². The minimum absolute atomic E-state index is 0.588. The zero-order chi connectivity index (χ0) is 10.8. The molecule has 0 spiro atoms. The molecule has 0 unspecified atom stereocenters. The van der Waals surface area contributed by atoms with Gasteiger partial charge in [-0.2, -0.15) is 4.99 Å². The molecule has 0 aliphatic carbocycles. The van der Waals surface area contributed by atoms with Crippen molar-refractivity contribution in [2.24, 2.45) is 4.99 Å². The molecule has 0 fully saturated rings. The molecule has 0 N–H and O–H groups in total. The molecule has 0 aromatic heterocycles. The predicted octanol–water partition coefficient (Wildman–Crippen LogP) is 3.67. The zero-order valence-corrected chi connectivity index (χ0v) is 10.2. The number of isocyanates is 1. The SMILES string of the molecule is CC(C)(N=C=O)c1cc(Cl)cc(Br)c1. The first-order valence-corrected chi connectivity index (χ1v) is 5.18. The first-order chi connectivity index (χ1) is 6.45. The van der Waals surface area contributed by atoms with E-state index in [1.165, 1.54) is 0 Å². The minimum Gasteiger partial charge on any atom is -0.211 e. The summed E-state index contributed by atoms with van der Waals surface area (Å²) in [4.78, 5) is 14.0. The van der Waals surface area contributed by atoms with Gasteiger partial charge in [-0.1, -0.05) is 27.5 Å². The number of hydrogen-bond acceptors (Lipinski definition) is 2. The van der Waals surface area contributed by atoms with Crippen LogP contribution in [0.15, 0.2) is 27.7 Å². The predicted molar refractivity (Wildman–Crippen MR) is 60.3 cm³/mol. The summed E-state index contributed by atoms with van der Waals surface area (Å²) in [7, 11) is 0. The van der Waals surface area contributed by atoms with Crippen LogP contribution in [0.25, 0.3) is 0 Å². The van der Waals surface area contributed by atoms with E-state index >= 15 is 0 Å². The lowest BCUT2D eigenvalue weighted by atomic mass is 9.95. The van der Waals surface area contributed by atoms with Gasteiger partial charge < -0.3 is 0 Å². The molecule has 1 rings (SSSR count). The second-order valence-corrected chi connectivity index (χ2v) is 4.77. The Bertz CT molecular complexity index is 377. The maximum atomic E-state index is 10.2. The van der Waals surface area contributed by atoms with Crippen molar-refractivity contribution in [3.63, 3.8) is 0 Å². The molecule has 1 aromatic rings. The van der Waals surface area contributed by atoms with Gasteiger partial charge in [0.05, 0.1) is 5.54 Å². The summed E-state index contributed by atoms with van der Waals surface area (Å²) in [5, 5.41) is 0.614. The van der Waals surface area contributed by atoms with E-state index in [4.69, 9.17) is 11.6 Å². The fourth-order valence-corrected chi connectivity index (χ4v) is 1.95. The molecule has 74 valence electrons. The average molecular weight is 275 g/mol. The summed E-state index contributed by atoms with van der Waals surface area (Å²) >= 11 is 9.22. The Morgan fingerprint density at radius 1 is 1.43 bits per heavy atom. The summed E-state index contributed by atoms with van der Waals surface area (Å²) in [6.45, 7) is 3.66. The smallest absolute Gasteiger partial charge is 0.211 e. The van der Waals surface area contributed by atoms with E-state index in [1.807, 2.05) is 19.9 Å². The molecule has 4 heteroatoms. The van der Waals surface area contributed by atoms with E-state index in [1.54, 1.807) is 18.2 Å². The van der Waals surface area contributed by atoms with E-state index in [0.29, 0.717) is 5.02 Å². The third-order valence-electron chi connectivity index (χ3n) is 1.89. The first kappa shape index (κ1) is 11.4. The van der Waals surface area contributed by atoms with E-state index in [-0.39, 0.29) is 0 Å². The highest BCUT2D eigenvalue weighted by atomic mass is 79.9. The van der Waals surface area contributed by atoms with Crippen LogP contribution < -0.4 is 0 Å². The van der Waals surface area contributed by atoms with Crippen molar-refractivity contribution in [2.45, 2.75) is 19.4 Å². The Balaban J connectivity index is 3.24. The monoisotopic (exact) mass is 273 g/mol. The molecule has 1 aromatic carbocycles. The van der Waals surface area contributed by atoms with E-state index in [0.717, 1.165) is 10.0 Å². The number of hydrogen-bond donors (Lipinski definition) is 0. The maximum Gasteiger partial charge on any atom is 0.235 e. The summed E-state index contributed by atoms with van der Waals surface area (Å²) < 4.78 is 0.870. The quantitative estimate of drug-likeness (QED) is 0.597. The fourth-order valence-electron chi connectivity index (χ4n) is 1.09. The molecule has 0 radical (unpaired) electrons. The molecular formula is C10H9BrClNO. The molecule has 0 amide bonds. The standard InChI is InChI=1S/C10H9BrClNO/c1-10(2,13-6-14)7-3-8(11)5-9(12)4-7/h3-5H,1-2H3. The molecular weight excluding hydrogens is 265 g/mol. The Labute approximate surface area is 96.1 Å². The van der Waals surface area contributed by atoms with Crippen LogP contribution in [0.5, 0.6) is 0 Å². The maximum absolute atomic E-state index is 10.2. The number of rotatable bonds is 2. The van der Waals surface area contributed by atoms with Crippen LogP contribution in [-0.2, 0) is 10.3 Å². The molecule has 14 heavy (non-hydrogen) atoms. The van der Waals surface area contributed by atoms with Gasteiger partial charge in [-0.15, -0.1) is 0 Å². The number of carbonyl (C=O) groups excluding carboxylic acids is 1. The Hall–Kier alpha value is -0.630. The van der Waals surface area contributed by atoms with Crippen LogP contribution >= 0.6 is 27.5 Å². The summed E-state index contributed by atoms with van der Waals surface area (Å²) in [5.41, 5.74) is 0.287. The third-order valence-corrected chi connectivity index (χ3v) is 2.57. The van der Waals surface area contributed by atoms with Crippen LogP contribution in [0.4, 0.5) is 0 Å². The van der Waals surface area contributed by atoms with Crippen LogP contribution in [-0.4, -0.2) is 6.08 Å². The lowest BCUT2D eigenvalue weighted by molar-refractivity contribution is 0.522. The Morgan fingerprint density at radius 3 is 2.57 bits per heavy atom. The molecule has 0 atom stereocenters. The summed E-state index contributed by atoms with van der Waals surface area (Å²) in [6.07, 6.45) is 1.56.